The number of carbonyl (C=O) groups excluding carboxylic acids is 1. The van der Waals surface area contributed by atoms with Gasteiger partial charge in [-0.1, -0.05) is 0 Å². The van der Waals surface area contributed by atoms with Crippen LogP contribution in [0.15, 0.2) is 0 Å². The van der Waals surface area contributed by atoms with E-state index in [4.69, 9.17) is 4.74 Å². The molecule has 0 heterocycles. The molecule has 2 fully saturated rings. The summed E-state index contributed by atoms with van der Waals surface area (Å²) in [7, 11) is 3.62. The van der Waals surface area contributed by atoms with Gasteiger partial charge in [0.2, 0.25) is 0 Å². The van der Waals surface area contributed by atoms with Crippen molar-refractivity contribution in [3.8, 4) is 0 Å². The lowest BCUT2D eigenvalue weighted by Gasteiger charge is -2.30. The van der Waals surface area contributed by atoms with Gasteiger partial charge in [-0.3, -0.25) is 10.1 Å². The Hall–Kier alpha value is -0.610. The summed E-state index contributed by atoms with van der Waals surface area (Å²) in [4.78, 5) is 14.3. The van der Waals surface area contributed by atoms with Crippen LogP contribution in [0.5, 0.6) is 0 Å². The van der Waals surface area contributed by atoms with Gasteiger partial charge in [0.25, 0.3) is 0 Å². The molecule has 0 aromatic rings. The first-order chi connectivity index (χ1) is 8.53. The molecular weight excluding hydrogens is 228 g/mol. The maximum atomic E-state index is 11.9. The van der Waals surface area contributed by atoms with E-state index in [1.807, 2.05) is 6.92 Å². The third-order valence-corrected chi connectivity index (χ3v) is 4.00. The Kier molecular flexibility index (Phi) is 4.28. The van der Waals surface area contributed by atoms with Crippen molar-refractivity contribution < 1.29 is 9.53 Å². The molecule has 0 saturated heterocycles. The van der Waals surface area contributed by atoms with Crippen molar-refractivity contribution in [3.05, 3.63) is 0 Å². The average Bonchev–Trinajstić information content (AvgIpc) is 3.22. The lowest BCUT2D eigenvalue weighted by molar-refractivity contribution is -0.148. The molecule has 104 valence electrons. The van der Waals surface area contributed by atoms with Crippen molar-refractivity contribution in [3.63, 3.8) is 0 Å². The second-order valence-electron chi connectivity index (χ2n) is 6.20. The molecule has 2 aliphatic rings. The lowest BCUT2D eigenvalue weighted by Crippen LogP contribution is -2.52. The number of carbonyl (C=O) groups is 1. The summed E-state index contributed by atoms with van der Waals surface area (Å²) in [6.45, 7) is 4.09. The van der Waals surface area contributed by atoms with E-state index in [0.717, 1.165) is 18.9 Å². The standard InChI is InChI=1S/C14H26N2O2/c1-14(13(17)18-3,15-12-6-7-12)8-9-16(2)10-11-4-5-11/h11-12,15H,4-10H2,1-3H3. The monoisotopic (exact) mass is 254 g/mol. The fourth-order valence-electron chi connectivity index (χ4n) is 2.38. The molecule has 1 unspecified atom stereocenters. The Morgan fingerprint density at radius 1 is 1.39 bits per heavy atom. The van der Waals surface area contributed by atoms with Crippen molar-refractivity contribution in [1.29, 1.82) is 0 Å². The van der Waals surface area contributed by atoms with Gasteiger partial charge < -0.3 is 9.64 Å². The number of hydrogen-bond acceptors (Lipinski definition) is 4. The summed E-state index contributed by atoms with van der Waals surface area (Å²) >= 11 is 0. The van der Waals surface area contributed by atoms with Crippen LogP contribution in [0.1, 0.15) is 39.0 Å². The number of methoxy groups -OCH3 is 1. The highest BCUT2D eigenvalue weighted by Crippen LogP contribution is 2.30. The number of rotatable bonds is 8. The predicted molar refractivity (Wildman–Crippen MR) is 71.4 cm³/mol. The largest absolute Gasteiger partial charge is 0.468 e. The third-order valence-electron chi connectivity index (χ3n) is 4.00. The summed E-state index contributed by atoms with van der Waals surface area (Å²) in [6.07, 6.45) is 5.94. The smallest absolute Gasteiger partial charge is 0.325 e. The van der Waals surface area contributed by atoms with Crippen LogP contribution in [-0.4, -0.2) is 49.7 Å². The average molecular weight is 254 g/mol. The minimum atomic E-state index is -0.520. The normalized spacial score (nSPS) is 22.9. The van der Waals surface area contributed by atoms with Crippen molar-refractivity contribution in [2.45, 2.75) is 50.6 Å². The third kappa shape index (κ3) is 3.95. The molecule has 1 N–H and O–H groups in total. The van der Waals surface area contributed by atoms with Crippen LogP contribution >= 0.6 is 0 Å². The van der Waals surface area contributed by atoms with Crippen molar-refractivity contribution in [2.75, 3.05) is 27.2 Å². The highest BCUT2D eigenvalue weighted by molar-refractivity contribution is 5.80. The SMILES string of the molecule is COC(=O)C(C)(CCN(C)CC1CC1)NC1CC1. The predicted octanol–water partition coefficient (Wildman–Crippen LogP) is 1.40. The van der Waals surface area contributed by atoms with Gasteiger partial charge in [0.05, 0.1) is 7.11 Å². The van der Waals surface area contributed by atoms with Gasteiger partial charge in [-0.05, 0) is 52.0 Å². The summed E-state index contributed by atoms with van der Waals surface area (Å²) < 4.78 is 4.95. The van der Waals surface area contributed by atoms with Crippen LogP contribution in [0.4, 0.5) is 0 Å². The van der Waals surface area contributed by atoms with Crippen LogP contribution in [0.3, 0.4) is 0 Å². The first kappa shape index (κ1) is 13.8. The quantitative estimate of drug-likeness (QED) is 0.665. The van der Waals surface area contributed by atoms with E-state index in [2.05, 4.69) is 17.3 Å². The Balaban J connectivity index is 1.80. The molecule has 2 saturated carbocycles. The van der Waals surface area contributed by atoms with Crippen molar-refractivity contribution >= 4 is 5.97 Å². The topological polar surface area (TPSA) is 41.6 Å². The second kappa shape index (κ2) is 5.57. The van der Waals surface area contributed by atoms with E-state index < -0.39 is 5.54 Å². The number of nitrogens with zero attached hydrogens (tertiary/aromatic N) is 1. The van der Waals surface area contributed by atoms with E-state index in [0.29, 0.717) is 6.04 Å². The molecule has 1 atom stereocenters. The first-order valence-corrected chi connectivity index (χ1v) is 7.08. The maximum absolute atomic E-state index is 11.9. The molecule has 4 nitrogen and oxygen atoms in total. The van der Waals surface area contributed by atoms with Gasteiger partial charge in [-0.2, -0.15) is 0 Å². The van der Waals surface area contributed by atoms with Gasteiger partial charge in [-0.25, -0.2) is 0 Å². The Morgan fingerprint density at radius 2 is 2.06 bits per heavy atom. The Morgan fingerprint density at radius 3 is 2.56 bits per heavy atom. The molecule has 2 rings (SSSR count). The molecular formula is C14H26N2O2. The van der Waals surface area contributed by atoms with Gasteiger partial charge >= 0.3 is 5.97 Å². The molecule has 0 aromatic heterocycles. The highest BCUT2D eigenvalue weighted by Gasteiger charge is 2.39. The molecule has 18 heavy (non-hydrogen) atoms. The van der Waals surface area contributed by atoms with E-state index >= 15 is 0 Å². The van der Waals surface area contributed by atoms with E-state index in [-0.39, 0.29) is 5.97 Å². The second-order valence-corrected chi connectivity index (χ2v) is 6.20. The lowest BCUT2D eigenvalue weighted by atomic mass is 9.97. The van der Waals surface area contributed by atoms with Gasteiger partial charge in [-0.15, -0.1) is 0 Å². The van der Waals surface area contributed by atoms with Crippen LogP contribution in [0.25, 0.3) is 0 Å². The molecule has 0 aromatic carbocycles. The Bertz CT molecular complexity index is 300. The van der Waals surface area contributed by atoms with Crippen LogP contribution in [-0.2, 0) is 9.53 Å². The number of nitrogens with one attached hydrogen (secondary N) is 1. The summed E-state index contributed by atoms with van der Waals surface area (Å²) in [5.41, 5.74) is -0.520. The summed E-state index contributed by atoms with van der Waals surface area (Å²) in [6, 6.07) is 0.517. The minimum absolute atomic E-state index is 0.130. The van der Waals surface area contributed by atoms with Crippen molar-refractivity contribution in [2.24, 2.45) is 5.92 Å². The summed E-state index contributed by atoms with van der Waals surface area (Å²) in [5.74, 6) is 0.769. The number of ether oxygens (including phenoxy) is 1. The van der Waals surface area contributed by atoms with Gasteiger partial charge in [0, 0.05) is 19.1 Å². The fourth-order valence-corrected chi connectivity index (χ4v) is 2.38. The first-order valence-electron chi connectivity index (χ1n) is 7.08. The zero-order valence-electron chi connectivity index (χ0n) is 11.9. The maximum Gasteiger partial charge on any atom is 0.325 e. The summed E-state index contributed by atoms with van der Waals surface area (Å²) in [5, 5.41) is 3.44. The fraction of sp³-hybridized carbons (Fsp3) is 0.929. The molecule has 0 radical (unpaired) electrons. The van der Waals surface area contributed by atoms with E-state index in [1.54, 1.807) is 0 Å². The van der Waals surface area contributed by atoms with E-state index in [1.165, 1.54) is 39.3 Å². The molecule has 2 aliphatic carbocycles. The van der Waals surface area contributed by atoms with Crippen LogP contribution < -0.4 is 5.32 Å². The Labute approximate surface area is 110 Å². The van der Waals surface area contributed by atoms with E-state index in [9.17, 15) is 4.79 Å². The molecule has 0 amide bonds. The zero-order chi connectivity index (χ0) is 13.2. The number of hydrogen-bond donors (Lipinski definition) is 1. The zero-order valence-corrected chi connectivity index (χ0v) is 11.9. The van der Waals surface area contributed by atoms with Gasteiger partial charge in [0.15, 0.2) is 0 Å². The van der Waals surface area contributed by atoms with Crippen molar-refractivity contribution in [1.82, 2.24) is 10.2 Å². The van der Waals surface area contributed by atoms with Crippen LogP contribution in [0, 0.1) is 5.92 Å². The molecule has 0 aliphatic heterocycles. The molecule has 0 spiro atoms. The number of esters is 1. The van der Waals surface area contributed by atoms with Crippen LogP contribution in [0.2, 0.25) is 0 Å². The van der Waals surface area contributed by atoms with Gasteiger partial charge in [0.1, 0.15) is 5.54 Å². The molecule has 0 bridgehead atoms. The minimum Gasteiger partial charge on any atom is -0.468 e. The highest BCUT2D eigenvalue weighted by atomic mass is 16.5. The molecule has 4 heteroatoms.